The van der Waals surface area contributed by atoms with E-state index >= 15 is 0 Å². The molecule has 35 heavy (non-hydrogen) atoms. The van der Waals surface area contributed by atoms with Crippen molar-refractivity contribution in [2.75, 3.05) is 16.8 Å². The number of ether oxygens (including phenoxy) is 1. The maximum Gasteiger partial charge on any atom is 0.343 e. The van der Waals surface area contributed by atoms with E-state index in [-0.39, 0.29) is 42.3 Å². The average molecular weight is 475 g/mol. The number of carbonyl (C=O) groups is 2. The van der Waals surface area contributed by atoms with Gasteiger partial charge in [0.15, 0.2) is 5.60 Å². The second-order valence-corrected chi connectivity index (χ2v) is 9.85. The maximum atomic E-state index is 13.6. The Bertz CT molecular complexity index is 1510. The van der Waals surface area contributed by atoms with Gasteiger partial charge in [-0.25, -0.2) is 14.6 Å². The summed E-state index contributed by atoms with van der Waals surface area (Å²) >= 11 is 0. The Morgan fingerprint density at radius 3 is 2.77 bits per heavy atom. The standard InChI is InChI=1S/C26H26N4O5/c1-4-26(34)16-10-19-21-14(11-30(19)23(31)15(16)12-35-24(26)32)22-20-17(27-21)6-5-7-18(20)28-25(33)29(22)9-8-13(2)3/h5-7,10,13,34H,4,8-9,11-12H2,1-3H3,(H,28,33). The number of pyridine rings is 2. The van der Waals surface area contributed by atoms with Crippen molar-refractivity contribution in [3.63, 3.8) is 0 Å². The molecule has 0 saturated carbocycles. The van der Waals surface area contributed by atoms with E-state index in [1.807, 2.05) is 18.2 Å². The molecule has 0 saturated heterocycles. The normalized spacial score (nSPS) is 20.0. The molecule has 3 aliphatic rings. The summed E-state index contributed by atoms with van der Waals surface area (Å²) in [6.07, 6.45) is 0.899. The van der Waals surface area contributed by atoms with Crippen LogP contribution >= 0.6 is 0 Å². The van der Waals surface area contributed by atoms with Crippen molar-refractivity contribution in [1.29, 1.82) is 0 Å². The first kappa shape index (κ1) is 21.8. The van der Waals surface area contributed by atoms with Crippen molar-refractivity contribution < 1.29 is 19.4 Å². The van der Waals surface area contributed by atoms with Crippen molar-refractivity contribution in [2.45, 2.75) is 52.4 Å². The van der Waals surface area contributed by atoms with Gasteiger partial charge in [-0.3, -0.25) is 9.69 Å². The Kier molecular flexibility index (Phi) is 4.60. The van der Waals surface area contributed by atoms with Gasteiger partial charge >= 0.3 is 12.0 Å². The van der Waals surface area contributed by atoms with Crippen LogP contribution < -0.4 is 15.8 Å². The summed E-state index contributed by atoms with van der Waals surface area (Å²) < 4.78 is 6.77. The number of carbonyl (C=O) groups excluding carboxylic acids is 2. The van der Waals surface area contributed by atoms with Gasteiger partial charge in [-0.1, -0.05) is 26.8 Å². The van der Waals surface area contributed by atoms with Gasteiger partial charge in [0.2, 0.25) is 0 Å². The summed E-state index contributed by atoms with van der Waals surface area (Å²) in [6.45, 7) is 6.50. The number of hydrogen-bond donors (Lipinski definition) is 2. The van der Waals surface area contributed by atoms with Gasteiger partial charge in [0.05, 0.1) is 40.4 Å². The molecule has 3 aromatic rings. The number of hydrogen-bond acceptors (Lipinski definition) is 6. The minimum absolute atomic E-state index is 0.0808. The zero-order chi connectivity index (χ0) is 24.6. The highest BCUT2D eigenvalue weighted by molar-refractivity contribution is 6.19. The summed E-state index contributed by atoms with van der Waals surface area (Å²) in [6, 6.07) is 7.07. The molecule has 2 N–H and O–H groups in total. The van der Waals surface area contributed by atoms with Crippen molar-refractivity contribution in [1.82, 2.24) is 9.55 Å². The molecule has 0 bridgehead atoms. The topological polar surface area (TPSA) is 114 Å². The van der Waals surface area contributed by atoms with Crippen LogP contribution in [-0.4, -0.2) is 33.2 Å². The van der Waals surface area contributed by atoms with Gasteiger partial charge in [0.25, 0.3) is 5.56 Å². The Hall–Kier alpha value is -3.72. The van der Waals surface area contributed by atoms with Crippen LogP contribution in [-0.2, 0) is 28.3 Å². The SMILES string of the molecule is CCC1(O)C(=O)OCc2c1cc1n(c2=O)Cc2c-1nc1cccc3c1c2N(CCC(C)C)C(=O)N3. The third kappa shape index (κ3) is 2.91. The van der Waals surface area contributed by atoms with Crippen LogP contribution in [0.15, 0.2) is 29.1 Å². The summed E-state index contributed by atoms with van der Waals surface area (Å²) in [5, 5.41) is 14.9. The largest absolute Gasteiger partial charge is 0.458 e. The molecular weight excluding hydrogens is 448 g/mol. The third-order valence-electron chi connectivity index (χ3n) is 7.37. The number of anilines is 2. The summed E-state index contributed by atoms with van der Waals surface area (Å²) in [5.41, 5.74) is 2.43. The Labute approximate surface area is 201 Å². The van der Waals surface area contributed by atoms with E-state index in [0.717, 1.165) is 23.1 Å². The van der Waals surface area contributed by atoms with E-state index in [0.29, 0.717) is 35.1 Å². The first-order valence-corrected chi connectivity index (χ1v) is 12.0. The molecule has 2 aromatic heterocycles. The summed E-state index contributed by atoms with van der Waals surface area (Å²) in [5.74, 6) is -0.348. The van der Waals surface area contributed by atoms with Gasteiger partial charge in [-0.2, -0.15) is 0 Å². The van der Waals surface area contributed by atoms with Crippen LogP contribution in [0.25, 0.3) is 22.3 Å². The molecule has 1 unspecified atom stereocenters. The number of urea groups is 1. The van der Waals surface area contributed by atoms with E-state index in [4.69, 9.17) is 9.72 Å². The number of esters is 1. The fourth-order valence-corrected chi connectivity index (χ4v) is 5.39. The quantitative estimate of drug-likeness (QED) is 0.438. The molecule has 5 heterocycles. The van der Waals surface area contributed by atoms with Gasteiger partial charge in [0, 0.05) is 23.1 Å². The Morgan fingerprint density at radius 1 is 1.23 bits per heavy atom. The molecule has 0 fully saturated rings. The number of nitrogens with one attached hydrogen (secondary N) is 1. The molecule has 1 aromatic carbocycles. The average Bonchev–Trinajstić information content (AvgIpc) is 3.20. The molecule has 1 atom stereocenters. The van der Waals surface area contributed by atoms with E-state index in [9.17, 15) is 19.5 Å². The predicted octanol–water partition coefficient (Wildman–Crippen LogP) is 3.48. The molecule has 0 radical (unpaired) electrons. The van der Waals surface area contributed by atoms with Gasteiger partial charge in [-0.05, 0) is 37.0 Å². The number of benzene rings is 1. The van der Waals surface area contributed by atoms with Crippen molar-refractivity contribution in [3.8, 4) is 11.4 Å². The number of aromatic nitrogens is 2. The summed E-state index contributed by atoms with van der Waals surface area (Å²) in [4.78, 5) is 45.8. The van der Waals surface area contributed by atoms with E-state index in [2.05, 4.69) is 19.2 Å². The van der Waals surface area contributed by atoms with Crippen molar-refractivity contribution >= 4 is 34.3 Å². The van der Waals surface area contributed by atoms with Crippen LogP contribution in [0.1, 0.15) is 50.3 Å². The minimum Gasteiger partial charge on any atom is -0.458 e. The number of amides is 2. The van der Waals surface area contributed by atoms with E-state index in [1.165, 1.54) is 0 Å². The molecule has 0 spiro atoms. The van der Waals surface area contributed by atoms with Crippen LogP contribution in [0.3, 0.4) is 0 Å². The van der Waals surface area contributed by atoms with Crippen molar-refractivity contribution in [3.05, 3.63) is 51.3 Å². The van der Waals surface area contributed by atoms with Crippen molar-refractivity contribution in [2.24, 2.45) is 5.92 Å². The highest BCUT2D eigenvalue weighted by Crippen LogP contribution is 2.46. The predicted molar refractivity (Wildman–Crippen MR) is 130 cm³/mol. The van der Waals surface area contributed by atoms with Gasteiger partial charge in [-0.15, -0.1) is 0 Å². The number of aliphatic hydroxyl groups is 1. The lowest BCUT2D eigenvalue weighted by Crippen LogP contribution is -2.44. The van der Waals surface area contributed by atoms with E-state index < -0.39 is 11.6 Å². The lowest BCUT2D eigenvalue weighted by atomic mass is 9.86. The van der Waals surface area contributed by atoms with Gasteiger partial charge in [0.1, 0.15) is 6.61 Å². The fourth-order valence-electron chi connectivity index (χ4n) is 5.39. The molecule has 2 amide bonds. The fraction of sp³-hybridized carbons (Fsp3) is 0.385. The van der Waals surface area contributed by atoms with Crippen LogP contribution in [0.2, 0.25) is 0 Å². The molecule has 3 aliphatic heterocycles. The zero-order valence-electron chi connectivity index (χ0n) is 19.8. The van der Waals surface area contributed by atoms with Crippen LogP contribution in [0.4, 0.5) is 16.2 Å². The summed E-state index contributed by atoms with van der Waals surface area (Å²) in [7, 11) is 0. The van der Waals surface area contributed by atoms with E-state index in [1.54, 1.807) is 22.5 Å². The first-order chi connectivity index (χ1) is 16.7. The number of nitrogens with zero attached hydrogens (tertiary/aromatic N) is 3. The molecule has 9 nitrogen and oxygen atoms in total. The lowest BCUT2D eigenvalue weighted by Gasteiger charge is -2.32. The lowest BCUT2D eigenvalue weighted by molar-refractivity contribution is -0.172. The number of cyclic esters (lactones) is 1. The third-order valence-corrected chi connectivity index (χ3v) is 7.37. The molecule has 180 valence electrons. The second-order valence-electron chi connectivity index (χ2n) is 9.85. The van der Waals surface area contributed by atoms with Crippen LogP contribution in [0, 0.1) is 5.92 Å². The molecule has 0 aliphatic carbocycles. The molecule has 9 heteroatoms. The monoisotopic (exact) mass is 474 g/mol. The number of rotatable bonds is 4. The molecule has 6 rings (SSSR count). The highest BCUT2D eigenvalue weighted by Gasteiger charge is 2.46. The smallest absolute Gasteiger partial charge is 0.343 e. The Morgan fingerprint density at radius 2 is 2.03 bits per heavy atom. The highest BCUT2D eigenvalue weighted by atomic mass is 16.6. The number of fused-ring (bicyclic) bond motifs is 5. The van der Waals surface area contributed by atoms with Crippen LogP contribution in [0.5, 0.6) is 0 Å². The Balaban J connectivity index is 1.63. The molecular formula is C26H26N4O5. The van der Waals surface area contributed by atoms with Gasteiger partial charge < -0.3 is 19.7 Å². The zero-order valence-corrected chi connectivity index (χ0v) is 19.8. The second kappa shape index (κ2) is 7.39. The first-order valence-electron chi connectivity index (χ1n) is 12.0. The maximum absolute atomic E-state index is 13.6. The minimum atomic E-state index is -1.88.